The van der Waals surface area contributed by atoms with Crippen molar-refractivity contribution in [3.8, 4) is 6.07 Å². The normalized spacial score (nSPS) is 17.2. The maximum Gasteiger partial charge on any atom is 0.240 e. The molecule has 0 saturated heterocycles. The van der Waals surface area contributed by atoms with E-state index in [1.807, 2.05) is 11.8 Å². The Bertz CT molecular complexity index is 240. The van der Waals surface area contributed by atoms with Gasteiger partial charge in [0.05, 0.1) is 6.07 Å². The lowest BCUT2D eigenvalue weighted by molar-refractivity contribution is -0.134. The molecule has 0 N–H and O–H groups in total. The fraction of sp³-hybridized carbons (Fsp3) is 0.818. The molecule has 1 aliphatic rings. The number of hydrogen-bond acceptors (Lipinski definition) is 2. The van der Waals surface area contributed by atoms with E-state index in [9.17, 15) is 4.79 Å². The molecule has 0 aromatic heterocycles. The van der Waals surface area contributed by atoms with E-state index in [2.05, 4.69) is 13.0 Å². The number of hydrogen-bond donors (Lipinski definition) is 0. The number of amides is 1. The molecule has 78 valence electrons. The van der Waals surface area contributed by atoms with Crippen molar-refractivity contribution in [1.29, 1.82) is 5.26 Å². The van der Waals surface area contributed by atoms with E-state index in [0.29, 0.717) is 12.5 Å². The Kier molecular flexibility index (Phi) is 3.94. The highest BCUT2D eigenvalue weighted by Crippen LogP contribution is 2.28. The second-order valence-corrected chi connectivity index (χ2v) is 3.85. The van der Waals surface area contributed by atoms with E-state index < -0.39 is 5.92 Å². The summed E-state index contributed by atoms with van der Waals surface area (Å²) in [6.07, 6.45) is 3.84. The van der Waals surface area contributed by atoms with Crippen molar-refractivity contribution in [3.63, 3.8) is 0 Å². The zero-order valence-corrected chi connectivity index (χ0v) is 8.99. The minimum absolute atomic E-state index is 0.0411. The minimum Gasteiger partial charge on any atom is -0.339 e. The van der Waals surface area contributed by atoms with Crippen LogP contribution in [0.5, 0.6) is 0 Å². The summed E-state index contributed by atoms with van der Waals surface area (Å²) in [7, 11) is 0. The molecule has 1 fully saturated rings. The van der Waals surface area contributed by atoms with Crippen LogP contribution in [0.3, 0.4) is 0 Å². The predicted molar refractivity (Wildman–Crippen MR) is 54.4 cm³/mol. The van der Waals surface area contributed by atoms with Crippen LogP contribution in [-0.2, 0) is 4.79 Å². The fourth-order valence-corrected chi connectivity index (χ4v) is 1.62. The summed E-state index contributed by atoms with van der Waals surface area (Å²) >= 11 is 0. The van der Waals surface area contributed by atoms with Gasteiger partial charge in [-0.3, -0.25) is 4.79 Å². The summed E-state index contributed by atoms with van der Waals surface area (Å²) < 4.78 is 0. The summed E-state index contributed by atoms with van der Waals surface area (Å²) in [4.78, 5) is 13.8. The van der Waals surface area contributed by atoms with Crippen LogP contribution in [0.15, 0.2) is 0 Å². The molecular weight excluding hydrogens is 176 g/mol. The van der Waals surface area contributed by atoms with Gasteiger partial charge in [-0.1, -0.05) is 13.8 Å². The highest BCUT2D eigenvalue weighted by molar-refractivity contribution is 5.81. The molecule has 3 heteroatoms. The zero-order valence-electron chi connectivity index (χ0n) is 8.99. The van der Waals surface area contributed by atoms with Gasteiger partial charge in [-0.2, -0.15) is 5.26 Å². The van der Waals surface area contributed by atoms with Gasteiger partial charge in [-0.25, -0.2) is 0 Å². The first-order valence-corrected chi connectivity index (χ1v) is 5.44. The Hall–Kier alpha value is -1.04. The molecule has 0 spiro atoms. The second-order valence-electron chi connectivity index (χ2n) is 3.85. The van der Waals surface area contributed by atoms with Crippen LogP contribution in [0.4, 0.5) is 0 Å². The SMILES string of the molecule is CCCN(C(=O)C(C#N)CC)C1CC1. The molecule has 1 unspecified atom stereocenters. The topological polar surface area (TPSA) is 44.1 Å². The molecule has 3 nitrogen and oxygen atoms in total. The van der Waals surface area contributed by atoms with Crippen molar-refractivity contribution in [2.75, 3.05) is 6.54 Å². The van der Waals surface area contributed by atoms with Gasteiger partial charge in [0, 0.05) is 12.6 Å². The molecule has 1 atom stereocenters. The molecule has 0 aromatic carbocycles. The average Bonchev–Trinajstić information content (AvgIpc) is 2.99. The third-order valence-corrected chi connectivity index (χ3v) is 2.60. The Morgan fingerprint density at radius 1 is 1.57 bits per heavy atom. The highest BCUT2D eigenvalue weighted by Gasteiger charge is 2.34. The monoisotopic (exact) mass is 194 g/mol. The molecule has 14 heavy (non-hydrogen) atoms. The molecular formula is C11H18N2O. The Labute approximate surface area is 85.7 Å². The van der Waals surface area contributed by atoms with Crippen molar-refractivity contribution in [2.45, 2.75) is 45.6 Å². The van der Waals surface area contributed by atoms with E-state index >= 15 is 0 Å². The number of carbonyl (C=O) groups excluding carboxylic acids is 1. The van der Waals surface area contributed by atoms with Crippen LogP contribution in [0.2, 0.25) is 0 Å². The van der Waals surface area contributed by atoms with Gasteiger partial charge in [0.25, 0.3) is 0 Å². The maximum atomic E-state index is 11.9. The molecule has 0 aromatic rings. The van der Waals surface area contributed by atoms with E-state index in [-0.39, 0.29) is 5.91 Å². The van der Waals surface area contributed by atoms with Gasteiger partial charge in [-0.05, 0) is 25.7 Å². The fourth-order valence-electron chi connectivity index (χ4n) is 1.62. The van der Waals surface area contributed by atoms with Crippen molar-refractivity contribution >= 4 is 5.91 Å². The van der Waals surface area contributed by atoms with E-state index in [1.165, 1.54) is 0 Å². The number of nitrogens with zero attached hydrogens (tertiary/aromatic N) is 2. The average molecular weight is 194 g/mol. The molecule has 0 heterocycles. The number of nitriles is 1. The summed E-state index contributed by atoms with van der Waals surface area (Å²) in [5.41, 5.74) is 0. The molecule has 1 amide bonds. The largest absolute Gasteiger partial charge is 0.339 e. The van der Waals surface area contributed by atoms with Crippen LogP contribution >= 0.6 is 0 Å². The van der Waals surface area contributed by atoms with Crippen LogP contribution in [0.1, 0.15) is 39.5 Å². The third-order valence-electron chi connectivity index (χ3n) is 2.60. The van der Waals surface area contributed by atoms with E-state index in [4.69, 9.17) is 5.26 Å². The lowest BCUT2D eigenvalue weighted by atomic mass is 10.1. The van der Waals surface area contributed by atoms with Crippen LogP contribution in [0.25, 0.3) is 0 Å². The standard InChI is InChI=1S/C11H18N2O/c1-3-7-13(10-5-6-10)11(14)9(4-2)8-12/h9-10H,3-7H2,1-2H3. The Morgan fingerprint density at radius 3 is 2.57 bits per heavy atom. The molecule has 0 aliphatic heterocycles. The zero-order chi connectivity index (χ0) is 10.6. The third kappa shape index (κ3) is 2.47. The van der Waals surface area contributed by atoms with Gasteiger partial charge in [-0.15, -0.1) is 0 Å². The summed E-state index contributed by atoms with van der Waals surface area (Å²) in [5, 5.41) is 8.82. The van der Waals surface area contributed by atoms with Gasteiger partial charge < -0.3 is 4.90 Å². The van der Waals surface area contributed by atoms with Crippen LogP contribution in [0, 0.1) is 17.2 Å². The number of carbonyl (C=O) groups is 1. The molecule has 0 radical (unpaired) electrons. The molecule has 1 aliphatic carbocycles. The lowest BCUT2D eigenvalue weighted by Gasteiger charge is -2.23. The summed E-state index contributed by atoms with van der Waals surface area (Å²) in [5.74, 6) is -0.387. The predicted octanol–water partition coefficient (Wildman–Crippen LogP) is 1.94. The molecule has 1 saturated carbocycles. The van der Waals surface area contributed by atoms with Gasteiger partial charge >= 0.3 is 0 Å². The van der Waals surface area contributed by atoms with Crippen molar-refractivity contribution in [1.82, 2.24) is 4.90 Å². The smallest absolute Gasteiger partial charge is 0.240 e. The maximum absolute atomic E-state index is 11.9. The molecule has 0 bridgehead atoms. The van der Waals surface area contributed by atoms with E-state index in [1.54, 1.807) is 0 Å². The highest BCUT2D eigenvalue weighted by atomic mass is 16.2. The van der Waals surface area contributed by atoms with Crippen LogP contribution in [-0.4, -0.2) is 23.4 Å². The first-order chi connectivity index (χ1) is 6.74. The van der Waals surface area contributed by atoms with Gasteiger partial charge in [0.2, 0.25) is 5.91 Å². The van der Waals surface area contributed by atoms with E-state index in [0.717, 1.165) is 25.8 Å². The van der Waals surface area contributed by atoms with Crippen molar-refractivity contribution < 1.29 is 4.79 Å². The van der Waals surface area contributed by atoms with Crippen LogP contribution < -0.4 is 0 Å². The first kappa shape index (κ1) is 11.0. The number of rotatable bonds is 5. The summed E-state index contributed by atoms with van der Waals surface area (Å²) in [6.45, 7) is 4.76. The molecule has 1 rings (SSSR count). The van der Waals surface area contributed by atoms with Gasteiger partial charge in [0.1, 0.15) is 5.92 Å². The lowest BCUT2D eigenvalue weighted by Crippen LogP contribution is -2.37. The Balaban J connectivity index is 2.58. The Morgan fingerprint density at radius 2 is 2.21 bits per heavy atom. The van der Waals surface area contributed by atoms with Gasteiger partial charge in [0.15, 0.2) is 0 Å². The summed E-state index contributed by atoms with van der Waals surface area (Å²) in [6, 6.07) is 2.52. The quantitative estimate of drug-likeness (QED) is 0.671. The second kappa shape index (κ2) is 4.99. The van der Waals surface area contributed by atoms with Crippen molar-refractivity contribution in [3.05, 3.63) is 0 Å². The van der Waals surface area contributed by atoms with Crippen molar-refractivity contribution in [2.24, 2.45) is 5.92 Å². The first-order valence-electron chi connectivity index (χ1n) is 5.44. The minimum atomic E-state index is -0.429.